The Kier molecular flexibility index (Phi) is 5.51. The predicted octanol–water partition coefficient (Wildman–Crippen LogP) is 3.46. The summed E-state index contributed by atoms with van der Waals surface area (Å²) in [6.07, 6.45) is 8.43. The van der Waals surface area contributed by atoms with Crippen molar-refractivity contribution in [1.29, 1.82) is 0 Å². The maximum Gasteiger partial charge on any atom is 0.232 e. The van der Waals surface area contributed by atoms with Crippen LogP contribution in [0.4, 0.5) is 5.82 Å². The Balaban J connectivity index is 1.91. The van der Waals surface area contributed by atoms with Gasteiger partial charge in [-0.2, -0.15) is 5.10 Å². The van der Waals surface area contributed by atoms with Gasteiger partial charge in [0.25, 0.3) is 0 Å². The van der Waals surface area contributed by atoms with E-state index in [-0.39, 0.29) is 11.9 Å². The predicted molar refractivity (Wildman–Crippen MR) is 99.6 cm³/mol. The minimum Gasteiger partial charge on any atom is -0.293 e. The zero-order chi connectivity index (χ0) is 17.8. The summed E-state index contributed by atoms with van der Waals surface area (Å²) in [7, 11) is 1.97. The highest BCUT2D eigenvalue weighted by molar-refractivity contribution is 5.94. The van der Waals surface area contributed by atoms with Crippen molar-refractivity contribution < 1.29 is 4.79 Å². The molecule has 1 aliphatic rings. The Labute approximate surface area is 150 Å². The SMILES string of the molecule is CCc1nn(C)c(CC)c1CC(=O)N(c1ccccn1)C1CCCC1. The van der Waals surface area contributed by atoms with Crippen LogP contribution in [0.15, 0.2) is 24.4 Å². The van der Waals surface area contributed by atoms with Gasteiger partial charge in [-0.25, -0.2) is 4.98 Å². The van der Waals surface area contributed by atoms with Crippen LogP contribution in [0.2, 0.25) is 0 Å². The van der Waals surface area contributed by atoms with Crippen molar-refractivity contribution >= 4 is 11.7 Å². The molecule has 2 heterocycles. The summed E-state index contributed by atoms with van der Waals surface area (Å²) in [5.41, 5.74) is 3.31. The highest BCUT2D eigenvalue weighted by Crippen LogP contribution is 2.28. The first kappa shape index (κ1) is 17.6. The Bertz CT molecular complexity index is 717. The maximum absolute atomic E-state index is 13.3. The quantitative estimate of drug-likeness (QED) is 0.809. The lowest BCUT2D eigenvalue weighted by molar-refractivity contribution is -0.118. The third-order valence-corrected chi connectivity index (χ3v) is 5.21. The number of nitrogens with zero attached hydrogens (tertiary/aromatic N) is 4. The first-order valence-corrected chi connectivity index (χ1v) is 9.42. The van der Waals surface area contributed by atoms with E-state index in [0.717, 1.165) is 48.5 Å². The number of rotatable bonds is 6. The summed E-state index contributed by atoms with van der Waals surface area (Å²) in [6.45, 7) is 4.22. The van der Waals surface area contributed by atoms with Crippen molar-refractivity contribution in [3.05, 3.63) is 41.3 Å². The fourth-order valence-electron chi connectivity index (χ4n) is 4.01. The van der Waals surface area contributed by atoms with Crippen molar-refractivity contribution in [2.24, 2.45) is 7.05 Å². The summed E-state index contributed by atoms with van der Waals surface area (Å²) < 4.78 is 1.93. The van der Waals surface area contributed by atoms with E-state index >= 15 is 0 Å². The van der Waals surface area contributed by atoms with Gasteiger partial charge >= 0.3 is 0 Å². The Hall–Kier alpha value is -2.17. The second-order valence-corrected chi connectivity index (χ2v) is 6.77. The molecule has 0 bridgehead atoms. The Morgan fingerprint density at radius 1 is 1.24 bits per heavy atom. The van der Waals surface area contributed by atoms with E-state index in [1.807, 2.05) is 34.8 Å². The van der Waals surface area contributed by atoms with Gasteiger partial charge in [-0.05, 0) is 37.8 Å². The molecule has 0 radical (unpaired) electrons. The number of carbonyl (C=O) groups is 1. The molecule has 0 saturated heterocycles. The van der Waals surface area contributed by atoms with E-state index in [1.54, 1.807) is 6.20 Å². The first-order valence-electron chi connectivity index (χ1n) is 9.42. The third kappa shape index (κ3) is 3.60. The van der Waals surface area contributed by atoms with E-state index in [2.05, 4.69) is 23.9 Å². The summed E-state index contributed by atoms with van der Waals surface area (Å²) in [4.78, 5) is 19.7. The molecule has 3 rings (SSSR count). The maximum atomic E-state index is 13.3. The largest absolute Gasteiger partial charge is 0.293 e. The topological polar surface area (TPSA) is 51.0 Å². The minimum atomic E-state index is 0.142. The summed E-state index contributed by atoms with van der Waals surface area (Å²) in [6, 6.07) is 6.07. The number of amides is 1. The van der Waals surface area contributed by atoms with Gasteiger partial charge in [0.15, 0.2) is 0 Å². The zero-order valence-corrected chi connectivity index (χ0v) is 15.5. The fourth-order valence-corrected chi connectivity index (χ4v) is 4.01. The standard InChI is InChI=1S/C20H28N4O/c1-4-17-16(18(5-2)23(3)22-17)14-20(25)24(15-10-6-7-11-15)19-12-8-9-13-21-19/h8-9,12-13,15H,4-7,10-11,14H2,1-3H3. The monoisotopic (exact) mass is 340 g/mol. The van der Waals surface area contributed by atoms with Crippen LogP contribution in [0.1, 0.15) is 56.5 Å². The molecule has 0 spiro atoms. The Morgan fingerprint density at radius 3 is 2.60 bits per heavy atom. The molecule has 0 unspecified atom stereocenters. The van der Waals surface area contributed by atoms with Crippen LogP contribution in [-0.4, -0.2) is 26.7 Å². The number of aromatic nitrogens is 3. The zero-order valence-electron chi connectivity index (χ0n) is 15.5. The second-order valence-electron chi connectivity index (χ2n) is 6.77. The molecule has 1 saturated carbocycles. The molecule has 0 N–H and O–H groups in total. The van der Waals surface area contributed by atoms with Crippen molar-refractivity contribution in [3.8, 4) is 0 Å². The molecule has 5 nitrogen and oxygen atoms in total. The van der Waals surface area contributed by atoms with E-state index < -0.39 is 0 Å². The van der Waals surface area contributed by atoms with Gasteiger partial charge in [0.1, 0.15) is 5.82 Å². The number of aryl methyl sites for hydroxylation is 2. The van der Waals surface area contributed by atoms with Crippen molar-refractivity contribution in [1.82, 2.24) is 14.8 Å². The molecule has 2 aromatic rings. The molecule has 0 aliphatic heterocycles. The molecule has 0 aromatic carbocycles. The van der Waals surface area contributed by atoms with Gasteiger partial charge in [0.2, 0.25) is 5.91 Å². The van der Waals surface area contributed by atoms with E-state index in [0.29, 0.717) is 6.42 Å². The highest BCUT2D eigenvalue weighted by atomic mass is 16.2. The molecule has 1 amide bonds. The van der Waals surface area contributed by atoms with Gasteiger partial charge < -0.3 is 0 Å². The molecule has 134 valence electrons. The Morgan fingerprint density at radius 2 is 2.00 bits per heavy atom. The molecule has 0 atom stereocenters. The van der Waals surface area contributed by atoms with Crippen molar-refractivity contribution in [3.63, 3.8) is 0 Å². The van der Waals surface area contributed by atoms with Crippen LogP contribution in [-0.2, 0) is 31.1 Å². The summed E-state index contributed by atoms with van der Waals surface area (Å²) in [5, 5.41) is 4.61. The number of hydrogen-bond acceptors (Lipinski definition) is 3. The van der Waals surface area contributed by atoms with Crippen LogP contribution in [0.5, 0.6) is 0 Å². The van der Waals surface area contributed by atoms with Crippen LogP contribution in [0.3, 0.4) is 0 Å². The average molecular weight is 340 g/mol. The lowest BCUT2D eigenvalue weighted by atomic mass is 10.0. The lowest BCUT2D eigenvalue weighted by Gasteiger charge is -2.28. The lowest BCUT2D eigenvalue weighted by Crippen LogP contribution is -2.40. The smallest absolute Gasteiger partial charge is 0.232 e. The minimum absolute atomic E-state index is 0.142. The molecule has 25 heavy (non-hydrogen) atoms. The summed E-state index contributed by atoms with van der Waals surface area (Å²) in [5.74, 6) is 0.919. The molecule has 1 fully saturated rings. The fraction of sp³-hybridized carbons (Fsp3) is 0.550. The average Bonchev–Trinajstić information content (AvgIpc) is 3.24. The van der Waals surface area contributed by atoms with Gasteiger partial charge in [0, 0.05) is 30.5 Å². The third-order valence-electron chi connectivity index (χ3n) is 5.21. The van der Waals surface area contributed by atoms with Gasteiger partial charge in [-0.1, -0.05) is 32.8 Å². The van der Waals surface area contributed by atoms with E-state index in [1.165, 1.54) is 12.8 Å². The molecule has 5 heteroatoms. The van der Waals surface area contributed by atoms with E-state index in [4.69, 9.17) is 0 Å². The number of hydrogen-bond donors (Lipinski definition) is 0. The number of carbonyl (C=O) groups excluding carboxylic acids is 1. The number of pyridine rings is 1. The van der Waals surface area contributed by atoms with Crippen LogP contribution >= 0.6 is 0 Å². The first-order chi connectivity index (χ1) is 12.2. The van der Waals surface area contributed by atoms with Gasteiger partial charge in [0.05, 0.1) is 12.1 Å². The van der Waals surface area contributed by atoms with Crippen LogP contribution in [0.25, 0.3) is 0 Å². The number of anilines is 1. The molecular formula is C20H28N4O. The van der Waals surface area contributed by atoms with Gasteiger partial charge in [-0.15, -0.1) is 0 Å². The normalized spacial score (nSPS) is 14.8. The van der Waals surface area contributed by atoms with Crippen LogP contribution < -0.4 is 4.90 Å². The molecular weight excluding hydrogens is 312 g/mol. The highest BCUT2D eigenvalue weighted by Gasteiger charge is 2.30. The van der Waals surface area contributed by atoms with Crippen LogP contribution in [0, 0.1) is 0 Å². The second kappa shape index (κ2) is 7.81. The molecule has 1 aliphatic carbocycles. The van der Waals surface area contributed by atoms with Crippen molar-refractivity contribution in [2.45, 2.75) is 64.8 Å². The van der Waals surface area contributed by atoms with E-state index in [9.17, 15) is 4.79 Å². The van der Waals surface area contributed by atoms with Crippen molar-refractivity contribution in [2.75, 3.05) is 4.90 Å². The molecule has 2 aromatic heterocycles. The summed E-state index contributed by atoms with van der Waals surface area (Å²) >= 11 is 0. The van der Waals surface area contributed by atoms with Gasteiger partial charge in [-0.3, -0.25) is 14.4 Å².